The molecule has 18 heavy (non-hydrogen) atoms. The van der Waals surface area contributed by atoms with Gasteiger partial charge in [0, 0.05) is 17.8 Å². The molecule has 3 nitrogen and oxygen atoms in total. The zero-order valence-electron chi connectivity index (χ0n) is 12.2. The van der Waals surface area contributed by atoms with Crippen LogP contribution in [0.2, 0.25) is 0 Å². The van der Waals surface area contributed by atoms with E-state index >= 15 is 0 Å². The molecular weight excluding hydrogens is 226 g/mol. The smallest absolute Gasteiger partial charge is 0.162 e. The number of benzene rings is 1. The van der Waals surface area contributed by atoms with E-state index in [9.17, 15) is 0 Å². The molecule has 3 heteroatoms. The Kier molecular flexibility index (Phi) is 5.83. The van der Waals surface area contributed by atoms with Crippen molar-refractivity contribution in [2.45, 2.75) is 46.1 Å². The Labute approximate surface area is 110 Å². The van der Waals surface area contributed by atoms with E-state index in [0.29, 0.717) is 6.04 Å². The van der Waals surface area contributed by atoms with Crippen LogP contribution in [0.15, 0.2) is 12.1 Å². The Balaban J connectivity index is 2.82. The SMILES string of the molecule is CCCCC(C)Nc1cc(OC)c(OC)cc1C. The molecule has 0 fully saturated rings. The van der Waals surface area contributed by atoms with E-state index in [1.807, 2.05) is 12.1 Å². The fourth-order valence-electron chi connectivity index (χ4n) is 1.98. The van der Waals surface area contributed by atoms with Crippen LogP contribution in [-0.4, -0.2) is 20.3 Å². The molecule has 1 atom stereocenters. The predicted molar refractivity (Wildman–Crippen MR) is 76.9 cm³/mol. The summed E-state index contributed by atoms with van der Waals surface area (Å²) in [7, 11) is 3.33. The van der Waals surface area contributed by atoms with Crippen LogP contribution in [0.5, 0.6) is 11.5 Å². The van der Waals surface area contributed by atoms with Crippen molar-refractivity contribution in [1.82, 2.24) is 0 Å². The van der Waals surface area contributed by atoms with Crippen molar-refractivity contribution in [2.24, 2.45) is 0 Å². The lowest BCUT2D eigenvalue weighted by atomic mass is 10.1. The molecule has 0 aliphatic heterocycles. The second-order valence-corrected chi connectivity index (χ2v) is 4.71. The first kappa shape index (κ1) is 14.7. The summed E-state index contributed by atoms with van der Waals surface area (Å²) in [6.07, 6.45) is 3.67. The molecule has 0 aliphatic carbocycles. The largest absolute Gasteiger partial charge is 0.493 e. The maximum atomic E-state index is 5.33. The average molecular weight is 251 g/mol. The Bertz CT molecular complexity index is 377. The minimum absolute atomic E-state index is 0.474. The van der Waals surface area contributed by atoms with Crippen molar-refractivity contribution in [3.8, 4) is 11.5 Å². The third-order valence-electron chi connectivity index (χ3n) is 3.12. The number of aryl methyl sites for hydroxylation is 1. The monoisotopic (exact) mass is 251 g/mol. The topological polar surface area (TPSA) is 30.5 Å². The second kappa shape index (κ2) is 7.14. The summed E-state index contributed by atoms with van der Waals surface area (Å²) < 4.78 is 10.6. The Morgan fingerprint density at radius 2 is 1.78 bits per heavy atom. The zero-order valence-corrected chi connectivity index (χ0v) is 12.2. The summed E-state index contributed by atoms with van der Waals surface area (Å²) in [5.41, 5.74) is 2.30. The molecule has 1 N–H and O–H groups in total. The van der Waals surface area contributed by atoms with Crippen LogP contribution in [0.1, 0.15) is 38.7 Å². The Morgan fingerprint density at radius 1 is 1.17 bits per heavy atom. The van der Waals surface area contributed by atoms with E-state index in [-0.39, 0.29) is 0 Å². The van der Waals surface area contributed by atoms with Crippen molar-refractivity contribution in [3.05, 3.63) is 17.7 Å². The number of hydrogen-bond acceptors (Lipinski definition) is 3. The van der Waals surface area contributed by atoms with Gasteiger partial charge in [0.2, 0.25) is 0 Å². The van der Waals surface area contributed by atoms with Crippen LogP contribution >= 0.6 is 0 Å². The van der Waals surface area contributed by atoms with Crippen molar-refractivity contribution in [3.63, 3.8) is 0 Å². The quantitative estimate of drug-likeness (QED) is 0.794. The molecule has 1 aromatic rings. The molecule has 0 heterocycles. The number of nitrogens with one attached hydrogen (secondary N) is 1. The first-order valence-corrected chi connectivity index (χ1v) is 6.61. The van der Waals surface area contributed by atoms with E-state index < -0.39 is 0 Å². The molecule has 0 aliphatic rings. The van der Waals surface area contributed by atoms with Crippen molar-refractivity contribution in [1.29, 1.82) is 0 Å². The van der Waals surface area contributed by atoms with Crippen LogP contribution in [0.25, 0.3) is 0 Å². The lowest BCUT2D eigenvalue weighted by molar-refractivity contribution is 0.355. The van der Waals surface area contributed by atoms with Gasteiger partial charge in [-0.3, -0.25) is 0 Å². The molecule has 1 unspecified atom stereocenters. The van der Waals surface area contributed by atoms with Gasteiger partial charge < -0.3 is 14.8 Å². The van der Waals surface area contributed by atoms with Gasteiger partial charge in [0.15, 0.2) is 11.5 Å². The molecule has 0 saturated heterocycles. The highest BCUT2D eigenvalue weighted by atomic mass is 16.5. The van der Waals surface area contributed by atoms with E-state index in [4.69, 9.17) is 9.47 Å². The molecule has 1 aromatic carbocycles. The van der Waals surface area contributed by atoms with E-state index in [1.54, 1.807) is 14.2 Å². The van der Waals surface area contributed by atoms with Gasteiger partial charge >= 0.3 is 0 Å². The van der Waals surface area contributed by atoms with E-state index in [0.717, 1.165) is 17.2 Å². The second-order valence-electron chi connectivity index (χ2n) is 4.71. The van der Waals surface area contributed by atoms with Crippen molar-refractivity contribution < 1.29 is 9.47 Å². The molecule has 0 amide bonds. The van der Waals surface area contributed by atoms with Gasteiger partial charge in [0.05, 0.1) is 14.2 Å². The highest BCUT2D eigenvalue weighted by Crippen LogP contribution is 2.33. The lowest BCUT2D eigenvalue weighted by Crippen LogP contribution is -2.15. The predicted octanol–water partition coefficient (Wildman–Crippen LogP) is 4.00. The molecule has 0 radical (unpaired) electrons. The first-order chi connectivity index (χ1) is 8.62. The van der Waals surface area contributed by atoms with Gasteiger partial charge in [0.1, 0.15) is 0 Å². The summed E-state index contributed by atoms with van der Waals surface area (Å²) in [6, 6.07) is 4.49. The number of methoxy groups -OCH3 is 2. The summed E-state index contributed by atoms with van der Waals surface area (Å²) in [5, 5.41) is 3.54. The molecule has 0 aromatic heterocycles. The number of rotatable bonds is 7. The Hall–Kier alpha value is -1.38. The van der Waals surface area contributed by atoms with Gasteiger partial charge in [-0.1, -0.05) is 19.8 Å². The van der Waals surface area contributed by atoms with Gasteiger partial charge in [-0.05, 0) is 31.9 Å². The first-order valence-electron chi connectivity index (χ1n) is 6.61. The lowest BCUT2D eigenvalue weighted by Gasteiger charge is -2.18. The fraction of sp³-hybridized carbons (Fsp3) is 0.600. The highest BCUT2D eigenvalue weighted by molar-refractivity contribution is 5.60. The minimum atomic E-state index is 0.474. The van der Waals surface area contributed by atoms with Gasteiger partial charge in [-0.2, -0.15) is 0 Å². The number of hydrogen-bond donors (Lipinski definition) is 1. The maximum absolute atomic E-state index is 5.33. The average Bonchev–Trinajstić information content (AvgIpc) is 2.38. The van der Waals surface area contributed by atoms with Crippen molar-refractivity contribution in [2.75, 3.05) is 19.5 Å². The maximum Gasteiger partial charge on any atom is 0.162 e. The van der Waals surface area contributed by atoms with Crippen LogP contribution in [0.4, 0.5) is 5.69 Å². The molecule has 0 saturated carbocycles. The van der Waals surface area contributed by atoms with E-state index in [1.165, 1.54) is 24.8 Å². The summed E-state index contributed by atoms with van der Waals surface area (Å²) in [4.78, 5) is 0. The third kappa shape index (κ3) is 3.83. The molecule has 1 rings (SSSR count). The highest BCUT2D eigenvalue weighted by Gasteiger charge is 2.10. The minimum Gasteiger partial charge on any atom is -0.493 e. The zero-order chi connectivity index (χ0) is 13.5. The van der Waals surface area contributed by atoms with Gasteiger partial charge in [0.25, 0.3) is 0 Å². The van der Waals surface area contributed by atoms with Gasteiger partial charge in [-0.25, -0.2) is 0 Å². The molecule has 0 spiro atoms. The number of ether oxygens (including phenoxy) is 2. The molecule has 0 bridgehead atoms. The summed E-state index contributed by atoms with van der Waals surface area (Å²) >= 11 is 0. The Morgan fingerprint density at radius 3 is 2.33 bits per heavy atom. The normalized spacial score (nSPS) is 12.1. The van der Waals surface area contributed by atoms with Gasteiger partial charge in [-0.15, -0.1) is 0 Å². The molecular formula is C15H25NO2. The number of unbranched alkanes of at least 4 members (excludes halogenated alkanes) is 1. The van der Waals surface area contributed by atoms with Crippen LogP contribution in [0.3, 0.4) is 0 Å². The van der Waals surface area contributed by atoms with Crippen molar-refractivity contribution >= 4 is 5.69 Å². The standard InChI is InChI=1S/C15H25NO2/c1-6-7-8-12(3)16-13-10-15(18-5)14(17-4)9-11(13)2/h9-10,12,16H,6-8H2,1-5H3. The third-order valence-corrected chi connectivity index (χ3v) is 3.12. The number of anilines is 1. The van der Waals surface area contributed by atoms with Crippen LogP contribution in [0, 0.1) is 6.92 Å². The summed E-state index contributed by atoms with van der Waals surface area (Å²) in [6.45, 7) is 6.51. The van der Waals surface area contributed by atoms with E-state index in [2.05, 4.69) is 26.1 Å². The summed E-state index contributed by atoms with van der Waals surface area (Å²) in [5.74, 6) is 1.55. The van der Waals surface area contributed by atoms with Crippen LogP contribution < -0.4 is 14.8 Å². The molecule has 102 valence electrons. The fourth-order valence-corrected chi connectivity index (χ4v) is 1.98. The van der Waals surface area contributed by atoms with Crippen LogP contribution in [-0.2, 0) is 0 Å².